The number of hydrogen-bond acceptors (Lipinski definition) is 11. The van der Waals surface area contributed by atoms with Gasteiger partial charge in [0.1, 0.15) is 35.5 Å². The number of rotatable bonds is 36. The summed E-state index contributed by atoms with van der Waals surface area (Å²) in [5.74, 6) is -10.4. The molecule has 14 heteroatoms. The van der Waals surface area contributed by atoms with Gasteiger partial charge < -0.3 is 37.5 Å². The van der Waals surface area contributed by atoms with Gasteiger partial charge in [-0.25, -0.2) is 9.59 Å². The highest BCUT2D eigenvalue weighted by atomic mass is 16.6. The molecule has 0 saturated carbocycles. The topological polar surface area (TPSA) is 259 Å². The van der Waals surface area contributed by atoms with Crippen LogP contribution in [0.3, 0.4) is 0 Å². The van der Waals surface area contributed by atoms with E-state index in [2.05, 4.69) is 19.2 Å². The van der Waals surface area contributed by atoms with E-state index in [9.17, 15) is 43.8 Å². The van der Waals surface area contributed by atoms with E-state index < -0.39 is 84.2 Å². The SMILES string of the molecule is CCCCCCCCCCCC(=O)C(C[C@H](N)C(=O)N[C@@H](CCCCN)C(=O)OC(=O)[C@@H](N)CC(C(=O)O)C(=O)CCCCCCCCCCC)C(=O)O. The molecular weight excluding hydrogens is 696 g/mol. The average Bonchev–Trinajstić information content (AvgIpc) is 3.13. The van der Waals surface area contributed by atoms with E-state index in [1.54, 1.807) is 0 Å². The molecule has 0 aromatic heterocycles. The van der Waals surface area contributed by atoms with Crippen molar-refractivity contribution in [3.05, 3.63) is 0 Å². The first-order valence-corrected chi connectivity index (χ1v) is 20.6. The van der Waals surface area contributed by atoms with Gasteiger partial charge in [-0.1, -0.05) is 117 Å². The molecule has 54 heavy (non-hydrogen) atoms. The normalized spacial score (nSPS) is 14.0. The van der Waals surface area contributed by atoms with Crippen LogP contribution in [-0.4, -0.2) is 76.2 Å². The van der Waals surface area contributed by atoms with Crippen molar-refractivity contribution in [2.24, 2.45) is 29.0 Å². The Morgan fingerprint density at radius 1 is 0.537 bits per heavy atom. The fourth-order valence-electron chi connectivity index (χ4n) is 6.29. The van der Waals surface area contributed by atoms with E-state index in [-0.39, 0.29) is 25.8 Å². The van der Waals surface area contributed by atoms with E-state index in [4.69, 9.17) is 21.9 Å². The van der Waals surface area contributed by atoms with Crippen molar-refractivity contribution in [2.45, 2.75) is 192 Å². The average molecular weight is 769 g/mol. The molecule has 1 amide bonds. The van der Waals surface area contributed by atoms with Crippen molar-refractivity contribution in [3.8, 4) is 0 Å². The summed E-state index contributed by atoms with van der Waals surface area (Å²) >= 11 is 0. The quantitative estimate of drug-likeness (QED) is 0.0262. The maximum atomic E-state index is 13.0. The Hall–Kier alpha value is -3.23. The predicted octanol–water partition coefficient (Wildman–Crippen LogP) is 5.49. The minimum absolute atomic E-state index is 0.00805. The zero-order valence-corrected chi connectivity index (χ0v) is 33.2. The molecule has 0 spiro atoms. The van der Waals surface area contributed by atoms with Crippen LogP contribution in [0.15, 0.2) is 0 Å². The summed E-state index contributed by atoms with van der Waals surface area (Å²) in [6, 6.07) is -4.47. The number of ether oxygens (including phenoxy) is 1. The number of Topliss-reactive ketones (excluding diaryl/α,β-unsaturated/α-hetero) is 2. The zero-order chi connectivity index (χ0) is 40.7. The third-order valence-corrected chi connectivity index (χ3v) is 9.79. The van der Waals surface area contributed by atoms with Crippen molar-refractivity contribution >= 4 is 41.4 Å². The van der Waals surface area contributed by atoms with Gasteiger partial charge in [0, 0.05) is 12.8 Å². The molecule has 14 nitrogen and oxygen atoms in total. The molecule has 0 aliphatic carbocycles. The first kappa shape index (κ1) is 50.8. The molecule has 0 aliphatic rings. The highest BCUT2D eigenvalue weighted by molar-refractivity contribution is 6.00. The van der Waals surface area contributed by atoms with Crippen LogP contribution in [0.1, 0.15) is 174 Å². The third-order valence-electron chi connectivity index (χ3n) is 9.79. The van der Waals surface area contributed by atoms with Crippen molar-refractivity contribution < 1.29 is 48.5 Å². The Balaban J connectivity index is 5.11. The van der Waals surface area contributed by atoms with Crippen LogP contribution < -0.4 is 22.5 Å². The van der Waals surface area contributed by atoms with E-state index in [0.717, 1.165) is 51.4 Å². The second-order valence-electron chi connectivity index (χ2n) is 14.6. The lowest BCUT2D eigenvalue weighted by molar-refractivity contribution is -0.163. The molecule has 0 rings (SSSR count). The molecular formula is C40H72N4O10. The number of unbranched alkanes of at least 4 members (excludes halogenated alkanes) is 17. The van der Waals surface area contributed by atoms with Crippen LogP contribution in [0.2, 0.25) is 0 Å². The molecule has 0 radical (unpaired) electrons. The molecule has 9 N–H and O–H groups in total. The van der Waals surface area contributed by atoms with Crippen LogP contribution >= 0.6 is 0 Å². The number of carboxylic acids is 2. The second kappa shape index (κ2) is 32.1. The summed E-state index contributed by atoms with van der Waals surface area (Å²) in [5, 5.41) is 21.8. The molecule has 0 saturated heterocycles. The maximum Gasteiger partial charge on any atom is 0.336 e. The predicted molar refractivity (Wildman–Crippen MR) is 207 cm³/mol. The van der Waals surface area contributed by atoms with Crippen molar-refractivity contribution in [1.29, 1.82) is 0 Å². The fraction of sp³-hybridized carbons (Fsp3) is 0.825. The lowest BCUT2D eigenvalue weighted by Crippen LogP contribution is -2.51. The minimum atomic E-state index is -1.61. The van der Waals surface area contributed by atoms with Gasteiger partial charge in [-0.05, 0) is 51.5 Å². The number of nitrogens with two attached hydrogens (primary N) is 3. The van der Waals surface area contributed by atoms with Gasteiger partial charge in [0.2, 0.25) is 5.91 Å². The summed E-state index contributed by atoms with van der Waals surface area (Å²) in [5.41, 5.74) is 17.5. The van der Waals surface area contributed by atoms with Crippen molar-refractivity contribution in [1.82, 2.24) is 5.32 Å². The number of amides is 1. The molecule has 0 heterocycles. The largest absolute Gasteiger partial charge is 0.481 e. The summed E-state index contributed by atoms with van der Waals surface area (Å²) in [7, 11) is 0. The first-order chi connectivity index (χ1) is 25.8. The molecule has 0 aromatic rings. The monoisotopic (exact) mass is 769 g/mol. The number of hydrogen-bond donors (Lipinski definition) is 6. The van der Waals surface area contributed by atoms with Gasteiger partial charge in [-0.15, -0.1) is 0 Å². The summed E-state index contributed by atoms with van der Waals surface area (Å²) in [4.78, 5) is 88.2. The van der Waals surface area contributed by atoms with Gasteiger partial charge in [0.05, 0.1) is 6.04 Å². The lowest BCUT2D eigenvalue weighted by atomic mass is 9.92. The van der Waals surface area contributed by atoms with Crippen LogP contribution in [0.5, 0.6) is 0 Å². The molecule has 5 atom stereocenters. The molecule has 312 valence electrons. The lowest BCUT2D eigenvalue weighted by Gasteiger charge is -2.22. The van der Waals surface area contributed by atoms with Gasteiger partial charge in [-0.2, -0.15) is 0 Å². The molecule has 0 aromatic carbocycles. The summed E-state index contributed by atoms with van der Waals surface area (Å²) in [6.07, 6.45) is 18.2. The number of carbonyl (C=O) groups excluding carboxylic acids is 5. The smallest absolute Gasteiger partial charge is 0.336 e. The Morgan fingerprint density at radius 3 is 1.31 bits per heavy atom. The first-order valence-electron chi connectivity index (χ1n) is 20.6. The third kappa shape index (κ3) is 24.2. The summed E-state index contributed by atoms with van der Waals surface area (Å²) < 4.78 is 4.92. The van der Waals surface area contributed by atoms with Gasteiger partial charge in [0.25, 0.3) is 0 Å². The maximum absolute atomic E-state index is 13.0. The van der Waals surface area contributed by atoms with E-state index in [0.29, 0.717) is 25.7 Å². The Morgan fingerprint density at radius 2 is 0.926 bits per heavy atom. The van der Waals surface area contributed by atoms with E-state index in [1.165, 1.54) is 51.4 Å². The standard InChI is InChI=1S/C40H72N4O10/c1-3-5-7-9-11-13-15-17-19-24-34(45)29(37(48)49)27-31(42)36(47)44-33(23-21-22-26-41)40(53)54-39(52)32(43)28-30(38(50)51)35(46)25-20-18-16-14-12-10-8-6-4-2/h29-33H,3-28,41-43H2,1-2H3,(H,44,47)(H,48,49)(H,50,51)/t29?,30?,31-,32-,33-/m0/s1. The number of nitrogens with one attached hydrogen (secondary N) is 1. The number of aliphatic carboxylic acids is 2. The minimum Gasteiger partial charge on any atom is -0.481 e. The second-order valence-corrected chi connectivity index (χ2v) is 14.6. The summed E-state index contributed by atoms with van der Waals surface area (Å²) in [6.45, 7) is 4.60. The van der Waals surface area contributed by atoms with Gasteiger partial charge in [0.15, 0.2) is 0 Å². The highest BCUT2D eigenvalue weighted by Gasteiger charge is 2.35. The van der Waals surface area contributed by atoms with Gasteiger partial charge >= 0.3 is 23.9 Å². The molecule has 0 bridgehead atoms. The van der Waals surface area contributed by atoms with Crippen LogP contribution in [-0.2, 0) is 38.3 Å². The van der Waals surface area contributed by atoms with Crippen molar-refractivity contribution in [2.75, 3.05) is 6.54 Å². The van der Waals surface area contributed by atoms with E-state index >= 15 is 0 Å². The number of carboxylic acid groups (broad SMARTS) is 2. The Kier molecular flexibility index (Phi) is 30.1. The Bertz CT molecular complexity index is 1120. The molecule has 0 fully saturated rings. The fourth-order valence-corrected chi connectivity index (χ4v) is 6.29. The zero-order valence-electron chi connectivity index (χ0n) is 33.2. The molecule has 2 unspecified atom stereocenters. The number of carbonyl (C=O) groups is 7. The van der Waals surface area contributed by atoms with Crippen LogP contribution in [0.25, 0.3) is 0 Å². The Labute approximate surface area is 322 Å². The van der Waals surface area contributed by atoms with Crippen molar-refractivity contribution in [3.63, 3.8) is 0 Å². The number of ketones is 2. The highest BCUT2D eigenvalue weighted by Crippen LogP contribution is 2.18. The van der Waals surface area contributed by atoms with Crippen LogP contribution in [0, 0.1) is 11.8 Å². The van der Waals surface area contributed by atoms with Gasteiger partial charge in [-0.3, -0.25) is 24.0 Å². The van der Waals surface area contributed by atoms with Crippen LogP contribution in [0.4, 0.5) is 0 Å². The number of esters is 2. The van der Waals surface area contributed by atoms with E-state index in [1.807, 2.05) is 0 Å². The molecule has 0 aliphatic heterocycles.